The van der Waals surface area contributed by atoms with Crippen molar-refractivity contribution in [2.45, 2.75) is 0 Å². The second-order valence-electron chi connectivity index (χ2n) is 10.9. The highest BCUT2D eigenvalue weighted by Crippen LogP contribution is 2.45. The van der Waals surface area contributed by atoms with Crippen LogP contribution in [0.1, 0.15) is 0 Å². The van der Waals surface area contributed by atoms with E-state index in [4.69, 9.17) is 4.42 Å². The quantitative estimate of drug-likeness (QED) is 0.163. The maximum absolute atomic E-state index is 6.53. The van der Waals surface area contributed by atoms with Gasteiger partial charge in [-0.15, -0.1) is 0 Å². The Morgan fingerprint density at radius 3 is 2.00 bits per heavy atom. The highest BCUT2D eigenvalue weighted by molar-refractivity contribution is 6.25. The molecule has 1 nitrogen and oxygen atoms in total. The van der Waals surface area contributed by atoms with Crippen molar-refractivity contribution in [3.8, 4) is 22.3 Å². The first-order valence-electron chi connectivity index (χ1n) is 14.1. The van der Waals surface area contributed by atoms with Gasteiger partial charge in [0.2, 0.25) is 0 Å². The van der Waals surface area contributed by atoms with Gasteiger partial charge in [0, 0.05) is 10.8 Å². The molecule has 0 saturated carbocycles. The lowest BCUT2D eigenvalue weighted by Gasteiger charge is -2.15. The van der Waals surface area contributed by atoms with Crippen LogP contribution in [0.5, 0.6) is 0 Å². The molecule has 1 heteroatoms. The van der Waals surface area contributed by atoms with E-state index in [0.717, 1.165) is 16.6 Å². The molecule has 0 aliphatic heterocycles. The molecule has 0 saturated heterocycles. The van der Waals surface area contributed by atoms with Crippen LogP contribution in [0, 0.1) is 0 Å². The third-order valence-corrected chi connectivity index (χ3v) is 8.60. The van der Waals surface area contributed by atoms with Gasteiger partial charge >= 0.3 is 0 Å². The van der Waals surface area contributed by atoms with Gasteiger partial charge in [-0.25, -0.2) is 0 Å². The van der Waals surface area contributed by atoms with E-state index < -0.39 is 0 Å². The van der Waals surface area contributed by atoms with Crippen molar-refractivity contribution in [3.63, 3.8) is 0 Å². The summed E-state index contributed by atoms with van der Waals surface area (Å²) in [4.78, 5) is 0. The molecule has 0 aliphatic rings. The molecular weight excluding hydrogens is 496 g/mol. The SMILES string of the molecule is c1ccc(-c2ccc3cc4oc5cccc(-c6c7ccccc7cc7c6ccc6ccccc67)c5c4cc3c2)cc1. The summed E-state index contributed by atoms with van der Waals surface area (Å²) in [5.41, 5.74) is 6.74. The molecule has 1 aromatic heterocycles. The Hall–Kier alpha value is -5.40. The Morgan fingerprint density at radius 2 is 1.10 bits per heavy atom. The van der Waals surface area contributed by atoms with E-state index in [1.54, 1.807) is 0 Å². The average molecular weight is 521 g/mol. The number of fused-ring (bicyclic) bond motifs is 8. The van der Waals surface area contributed by atoms with Crippen LogP contribution < -0.4 is 0 Å². The van der Waals surface area contributed by atoms with Crippen LogP contribution in [0.4, 0.5) is 0 Å². The molecule has 190 valence electrons. The van der Waals surface area contributed by atoms with E-state index in [9.17, 15) is 0 Å². The first-order valence-corrected chi connectivity index (χ1v) is 14.1. The van der Waals surface area contributed by atoms with Gasteiger partial charge in [-0.1, -0.05) is 115 Å². The largest absolute Gasteiger partial charge is 0.456 e. The molecule has 1 heterocycles. The topological polar surface area (TPSA) is 13.1 Å². The Balaban J connectivity index is 1.40. The minimum absolute atomic E-state index is 0.915. The minimum atomic E-state index is 0.915. The first kappa shape index (κ1) is 22.4. The van der Waals surface area contributed by atoms with Crippen LogP contribution in [0.2, 0.25) is 0 Å². The fourth-order valence-electron chi connectivity index (χ4n) is 6.70. The lowest BCUT2D eigenvalue weighted by Crippen LogP contribution is -1.88. The highest BCUT2D eigenvalue weighted by Gasteiger charge is 2.18. The fourth-order valence-corrected chi connectivity index (χ4v) is 6.70. The van der Waals surface area contributed by atoms with E-state index in [-0.39, 0.29) is 0 Å². The normalized spacial score (nSPS) is 11.9. The molecule has 9 rings (SSSR count). The third kappa shape index (κ3) is 3.36. The van der Waals surface area contributed by atoms with Gasteiger partial charge in [0.05, 0.1) is 0 Å². The molecule has 9 aromatic rings. The monoisotopic (exact) mass is 520 g/mol. The van der Waals surface area contributed by atoms with Crippen LogP contribution in [0.25, 0.3) is 87.3 Å². The van der Waals surface area contributed by atoms with Crippen LogP contribution in [-0.2, 0) is 0 Å². The van der Waals surface area contributed by atoms with Crippen molar-refractivity contribution in [2.75, 3.05) is 0 Å². The van der Waals surface area contributed by atoms with E-state index >= 15 is 0 Å². The molecule has 0 radical (unpaired) electrons. The number of hydrogen-bond acceptors (Lipinski definition) is 1. The van der Waals surface area contributed by atoms with Gasteiger partial charge in [0.1, 0.15) is 11.2 Å². The first-order chi connectivity index (χ1) is 20.3. The summed E-state index contributed by atoms with van der Waals surface area (Å²) < 4.78 is 6.53. The zero-order chi connectivity index (χ0) is 26.9. The maximum Gasteiger partial charge on any atom is 0.136 e. The summed E-state index contributed by atoms with van der Waals surface area (Å²) in [5.74, 6) is 0. The van der Waals surface area contributed by atoms with Crippen molar-refractivity contribution in [2.24, 2.45) is 0 Å². The lowest BCUT2D eigenvalue weighted by atomic mass is 9.88. The summed E-state index contributed by atoms with van der Waals surface area (Å²) in [6.45, 7) is 0. The summed E-state index contributed by atoms with van der Waals surface area (Å²) >= 11 is 0. The molecule has 0 unspecified atom stereocenters. The van der Waals surface area contributed by atoms with Gasteiger partial charge in [0.25, 0.3) is 0 Å². The van der Waals surface area contributed by atoms with Gasteiger partial charge < -0.3 is 4.42 Å². The van der Waals surface area contributed by atoms with Crippen LogP contribution in [-0.4, -0.2) is 0 Å². The molecule has 0 amide bonds. The van der Waals surface area contributed by atoms with Crippen molar-refractivity contribution < 1.29 is 4.42 Å². The maximum atomic E-state index is 6.53. The van der Waals surface area contributed by atoms with Gasteiger partial charge in [-0.3, -0.25) is 0 Å². The zero-order valence-electron chi connectivity index (χ0n) is 22.3. The minimum Gasteiger partial charge on any atom is -0.456 e. The summed E-state index contributed by atoms with van der Waals surface area (Å²) in [6, 6.07) is 52.6. The molecular formula is C40H24O. The predicted molar refractivity (Wildman–Crippen MR) is 175 cm³/mol. The van der Waals surface area contributed by atoms with Gasteiger partial charge in [0.15, 0.2) is 0 Å². The highest BCUT2D eigenvalue weighted by atomic mass is 16.3. The summed E-state index contributed by atoms with van der Waals surface area (Å²) in [5, 5.41) is 12.3. The Morgan fingerprint density at radius 1 is 0.341 bits per heavy atom. The standard InChI is InChI=1S/C40H24O/c1-2-9-25(10-3-1)27-17-18-28-24-38-36(23-30(28)21-27)40-34(15-8-16-37(40)41-38)39-32-14-7-5-12-29(32)22-35-31-13-6-4-11-26(31)19-20-33(35)39/h1-24H. The Bertz CT molecular complexity index is 2460. The van der Waals surface area contributed by atoms with Crippen LogP contribution >= 0.6 is 0 Å². The van der Waals surface area contributed by atoms with Crippen LogP contribution in [0.3, 0.4) is 0 Å². The van der Waals surface area contributed by atoms with Crippen molar-refractivity contribution in [1.29, 1.82) is 0 Å². The smallest absolute Gasteiger partial charge is 0.136 e. The van der Waals surface area contributed by atoms with E-state index in [1.165, 1.54) is 70.7 Å². The van der Waals surface area contributed by atoms with Crippen molar-refractivity contribution >= 4 is 65.0 Å². The van der Waals surface area contributed by atoms with Gasteiger partial charge in [-0.2, -0.15) is 0 Å². The van der Waals surface area contributed by atoms with Crippen molar-refractivity contribution in [3.05, 3.63) is 146 Å². The Kier molecular flexibility index (Phi) is 4.67. The summed E-state index contributed by atoms with van der Waals surface area (Å²) in [6.07, 6.45) is 0. The average Bonchev–Trinajstić information content (AvgIpc) is 3.40. The molecule has 0 atom stereocenters. The fraction of sp³-hybridized carbons (Fsp3) is 0. The van der Waals surface area contributed by atoms with Gasteiger partial charge in [-0.05, 0) is 95.7 Å². The molecule has 41 heavy (non-hydrogen) atoms. The predicted octanol–water partition coefficient (Wildman–Crippen LogP) is 11.5. The second kappa shape index (κ2) is 8.55. The van der Waals surface area contributed by atoms with E-state index in [2.05, 4.69) is 146 Å². The third-order valence-electron chi connectivity index (χ3n) is 8.60. The molecule has 8 aromatic carbocycles. The lowest BCUT2D eigenvalue weighted by molar-refractivity contribution is 0.669. The summed E-state index contributed by atoms with van der Waals surface area (Å²) in [7, 11) is 0. The van der Waals surface area contributed by atoms with E-state index in [0.29, 0.717) is 0 Å². The number of benzene rings is 8. The van der Waals surface area contributed by atoms with Crippen molar-refractivity contribution in [1.82, 2.24) is 0 Å². The molecule has 0 bridgehead atoms. The van der Waals surface area contributed by atoms with E-state index in [1.807, 2.05) is 0 Å². The molecule has 0 N–H and O–H groups in total. The second-order valence-corrected chi connectivity index (χ2v) is 10.9. The molecule has 0 fully saturated rings. The molecule has 0 spiro atoms. The van der Waals surface area contributed by atoms with Crippen LogP contribution in [0.15, 0.2) is 150 Å². The Labute approximate surface area is 236 Å². The number of furan rings is 1. The number of hydrogen-bond donors (Lipinski definition) is 0. The molecule has 0 aliphatic carbocycles. The number of rotatable bonds is 2. The zero-order valence-corrected chi connectivity index (χ0v) is 22.3.